The van der Waals surface area contributed by atoms with Crippen LogP contribution in [0.5, 0.6) is 0 Å². The average Bonchev–Trinajstić information content (AvgIpc) is 2.32. The Morgan fingerprint density at radius 2 is 1.62 bits per heavy atom. The van der Waals surface area contributed by atoms with Crippen molar-refractivity contribution in [3.63, 3.8) is 0 Å². The lowest BCUT2D eigenvalue weighted by atomic mass is 9.70. The molecular formula is C12H23BO3. The summed E-state index contributed by atoms with van der Waals surface area (Å²) in [6, 6.07) is 0. The van der Waals surface area contributed by atoms with E-state index in [2.05, 4.69) is 6.92 Å². The molecule has 0 saturated carbocycles. The summed E-state index contributed by atoms with van der Waals surface area (Å²) in [5.74, 6) is 0.480. The first-order valence-electron chi connectivity index (χ1n) is 6.01. The zero-order valence-electron chi connectivity index (χ0n) is 11.3. The van der Waals surface area contributed by atoms with Crippen molar-refractivity contribution in [3.8, 4) is 0 Å². The van der Waals surface area contributed by atoms with Crippen molar-refractivity contribution < 1.29 is 14.1 Å². The van der Waals surface area contributed by atoms with Gasteiger partial charge in [-0.3, -0.25) is 0 Å². The second-order valence-corrected chi connectivity index (χ2v) is 5.84. The van der Waals surface area contributed by atoms with E-state index in [1.165, 1.54) is 0 Å². The zero-order valence-corrected chi connectivity index (χ0v) is 11.3. The fourth-order valence-corrected chi connectivity index (χ4v) is 1.69. The second-order valence-electron chi connectivity index (χ2n) is 5.84. The van der Waals surface area contributed by atoms with Gasteiger partial charge >= 0.3 is 7.12 Å². The Bertz CT molecular complexity index is 257. The number of carbonyl (C=O) groups excluding carboxylic acids is 1. The van der Waals surface area contributed by atoms with Crippen LogP contribution in [-0.4, -0.2) is 24.1 Å². The summed E-state index contributed by atoms with van der Waals surface area (Å²) < 4.78 is 11.8. The summed E-state index contributed by atoms with van der Waals surface area (Å²) in [5, 5.41) is 0. The minimum Gasteiger partial charge on any atom is -0.403 e. The molecule has 1 atom stereocenters. The van der Waals surface area contributed by atoms with E-state index in [0.29, 0.717) is 6.42 Å². The van der Waals surface area contributed by atoms with Crippen molar-refractivity contribution >= 4 is 12.9 Å². The summed E-state index contributed by atoms with van der Waals surface area (Å²) in [5.41, 5.74) is -0.551. The lowest BCUT2D eigenvalue weighted by molar-refractivity contribution is -0.117. The minimum atomic E-state index is -0.276. The van der Waals surface area contributed by atoms with Crippen molar-refractivity contribution in [1.82, 2.24) is 0 Å². The van der Waals surface area contributed by atoms with Gasteiger partial charge in [0.25, 0.3) is 0 Å². The van der Waals surface area contributed by atoms with Crippen molar-refractivity contribution in [2.75, 3.05) is 0 Å². The van der Waals surface area contributed by atoms with Gasteiger partial charge in [-0.2, -0.15) is 0 Å². The number of carbonyl (C=O) groups is 1. The molecule has 0 radical (unpaired) electrons. The van der Waals surface area contributed by atoms with Crippen molar-refractivity contribution in [2.45, 2.75) is 71.4 Å². The zero-order chi connectivity index (χ0) is 12.6. The van der Waals surface area contributed by atoms with E-state index >= 15 is 0 Å². The Morgan fingerprint density at radius 3 is 2.00 bits per heavy atom. The number of ketones is 1. The highest BCUT2D eigenvalue weighted by molar-refractivity contribution is 6.47. The molecule has 0 N–H and O–H groups in total. The molecular weight excluding hydrogens is 203 g/mol. The summed E-state index contributed by atoms with van der Waals surface area (Å²) >= 11 is 0. The van der Waals surface area contributed by atoms with Crippen LogP contribution in [0.15, 0.2) is 0 Å². The van der Waals surface area contributed by atoms with Crippen LogP contribution in [0.4, 0.5) is 0 Å². The second kappa shape index (κ2) is 4.50. The summed E-state index contributed by atoms with van der Waals surface area (Å²) in [6.45, 7) is 11.9. The smallest absolute Gasteiger partial charge is 0.403 e. The Labute approximate surface area is 99.0 Å². The molecule has 3 nitrogen and oxygen atoms in total. The van der Waals surface area contributed by atoms with Crippen molar-refractivity contribution in [3.05, 3.63) is 0 Å². The van der Waals surface area contributed by atoms with Gasteiger partial charge in [0.05, 0.1) is 11.2 Å². The Kier molecular flexibility index (Phi) is 3.85. The van der Waals surface area contributed by atoms with Gasteiger partial charge in [0.1, 0.15) is 5.78 Å². The molecule has 1 saturated heterocycles. The van der Waals surface area contributed by atoms with Gasteiger partial charge < -0.3 is 14.1 Å². The first-order chi connectivity index (χ1) is 7.16. The van der Waals surface area contributed by atoms with E-state index in [4.69, 9.17) is 9.31 Å². The molecule has 0 aliphatic carbocycles. The maximum Gasteiger partial charge on any atom is 0.460 e. The van der Waals surface area contributed by atoms with Crippen LogP contribution in [0.25, 0.3) is 0 Å². The first kappa shape index (κ1) is 13.7. The molecule has 16 heavy (non-hydrogen) atoms. The number of rotatable bonds is 4. The molecule has 0 aromatic carbocycles. The highest BCUT2D eigenvalue weighted by atomic mass is 16.7. The van der Waals surface area contributed by atoms with Gasteiger partial charge in [0, 0.05) is 6.42 Å². The monoisotopic (exact) mass is 226 g/mol. The maximum atomic E-state index is 10.9. The van der Waals surface area contributed by atoms with Gasteiger partial charge in [-0.1, -0.05) is 6.92 Å². The molecule has 1 aliphatic rings. The van der Waals surface area contributed by atoms with Crippen LogP contribution in [-0.2, 0) is 14.1 Å². The van der Waals surface area contributed by atoms with Crippen molar-refractivity contribution in [1.29, 1.82) is 0 Å². The third-order valence-corrected chi connectivity index (χ3v) is 3.69. The highest BCUT2D eigenvalue weighted by Crippen LogP contribution is 2.40. The van der Waals surface area contributed by atoms with Gasteiger partial charge in [-0.05, 0) is 46.9 Å². The topological polar surface area (TPSA) is 35.5 Å². The Morgan fingerprint density at radius 1 is 1.19 bits per heavy atom. The normalized spacial score (nSPS) is 24.5. The minimum absolute atomic E-state index is 0.190. The summed E-state index contributed by atoms with van der Waals surface area (Å²) in [6.07, 6.45) is 1.43. The third-order valence-electron chi connectivity index (χ3n) is 3.69. The van der Waals surface area contributed by atoms with Crippen LogP contribution in [0.3, 0.4) is 0 Å². The molecule has 1 unspecified atom stereocenters. The summed E-state index contributed by atoms with van der Waals surface area (Å²) in [7, 11) is -0.190. The van der Waals surface area contributed by atoms with Crippen LogP contribution < -0.4 is 0 Å². The fraction of sp³-hybridized carbons (Fsp3) is 0.917. The average molecular weight is 226 g/mol. The molecule has 92 valence electrons. The molecule has 0 aromatic rings. The predicted octanol–water partition coefficient (Wildman–Crippen LogP) is 2.84. The number of hydrogen-bond donors (Lipinski definition) is 0. The highest BCUT2D eigenvalue weighted by Gasteiger charge is 2.52. The molecule has 1 fully saturated rings. The van der Waals surface area contributed by atoms with Gasteiger partial charge in [0.15, 0.2) is 0 Å². The lowest BCUT2D eigenvalue weighted by Crippen LogP contribution is -2.41. The molecule has 0 amide bonds. The molecule has 0 bridgehead atoms. The van der Waals surface area contributed by atoms with Crippen LogP contribution in [0.2, 0.25) is 5.82 Å². The molecule has 1 heterocycles. The molecule has 1 aliphatic heterocycles. The fourth-order valence-electron chi connectivity index (χ4n) is 1.69. The summed E-state index contributed by atoms with van der Waals surface area (Å²) in [4.78, 5) is 10.9. The van der Waals surface area contributed by atoms with Crippen LogP contribution in [0.1, 0.15) is 54.4 Å². The Balaban J connectivity index is 2.55. The first-order valence-corrected chi connectivity index (χ1v) is 6.01. The standard InChI is InChI=1S/C12H23BO3/c1-9(7-8-10(2)14)13-15-11(3,4)12(5,6)16-13/h9H,7-8H2,1-6H3. The van der Waals surface area contributed by atoms with E-state index < -0.39 is 0 Å². The Hall–Kier alpha value is -0.345. The van der Waals surface area contributed by atoms with E-state index in [-0.39, 0.29) is 29.9 Å². The maximum absolute atomic E-state index is 10.9. The van der Waals surface area contributed by atoms with Gasteiger partial charge in [-0.25, -0.2) is 0 Å². The quantitative estimate of drug-likeness (QED) is 0.691. The SMILES string of the molecule is CC(=O)CCC(C)B1OC(C)(C)C(C)(C)O1. The van der Waals surface area contributed by atoms with E-state index in [0.717, 1.165) is 6.42 Å². The van der Waals surface area contributed by atoms with E-state index in [1.54, 1.807) is 6.92 Å². The lowest BCUT2D eigenvalue weighted by Gasteiger charge is -2.32. The van der Waals surface area contributed by atoms with Gasteiger partial charge in [-0.15, -0.1) is 0 Å². The van der Waals surface area contributed by atoms with Crippen LogP contribution in [0, 0.1) is 0 Å². The number of Topliss-reactive ketones (excluding diaryl/α,β-unsaturated/α-hetero) is 1. The predicted molar refractivity (Wildman–Crippen MR) is 65.4 cm³/mol. The molecule has 0 aromatic heterocycles. The van der Waals surface area contributed by atoms with Gasteiger partial charge in [0.2, 0.25) is 0 Å². The van der Waals surface area contributed by atoms with E-state index in [9.17, 15) is 4.79 Å². The van der Waals surface area contributed by atoms with E-state index in [1.807, 2.05) is 27.7 Å². The van der Waals surface area contributed by atoms with Crippen LogP contribution >= 0.6 is 0 Å². The molecule has 0 spiro atoms. The molecule has 4 heteroatoms. The van der Waals surface area contributed by atoms with Crippen molar-refractivity contribution in [2.24, 2.45) is 0 Å². The molecule has 1 rings (SSSR count). The number of hydrogen-bond acceptors (Lipinski definition) is 3. The largest absolute Gasteiger partial charge is 0.460 e. The third kappa shape index (κ3) is 2.86.